The fraction of sp³-hybridized carbons (Fsp3) is 0.538. The third-order valence-corrected chi connectivity index (χ3v) is 5.30. The van der Waals surface area contributed by atoms with Gasteiger partial charge in [0.15, 0.2) is 0 Å². The predicted octanol–water partition coefficient (Wildman–Crippen LogP) is 3.81. The van der Waals surface area contributed by atoms with Crippen LogP contribution in [0.5, 0.6) is 0 Å². The highest BCUT2D eigenvalue weighted by Crippen LogP contribution is 2.23. The lowest BCUT2D eigenvalue weighted by Crippen LogP contribution is -2.22. The van der Waals surface area contributed by atoms with Gasteiger partial charge in [-0.1, -0.05) is 19.6 Å². The number of halogens is 1. The van der Waals surface area contributed by atoms with Crippen molar-refractivity contribution in [1.29, 1.82) is 0 Å². The molecule has 0 saturated heterocycles. The summed E-state index contributed by atoms with van der Waals surface area (Å²) in [6.45, 7) is 10.4. The van der Waals surface area contributed by atoms with Crippen LogP contribution in [-0.2, 0) is 11.5 Å². The van der Waals surface area contributed by atoms with Crippen molar-refractivity contribution >= 4 is 35.0 Å². The number of fused-ring (bicyclic) bond motifs is 1. The second kappa shape index (κ2) is 5.72. The Morgan fingerprint density at radius 2 is 2.05 bits per heavy atom. The normalized spacial score (nSPS) is 12.3. The molecule has 0 spiro atoms. The summed E-state index contributed by atoms with van der Waals surface area (Å²) in [6.07, 6.45) is 3.58. The van der Waals surface area contributed by atoms with Gasteiger partial charge in [-0.25, -0.2) is 4.98 Å². The minimum atomic E-state index is -1.03. The number of aryl methyl sites for hydroxylation is 1. The van der Waals surface area contributed by atoms with E-state index in [9.17, 15) is 0 Å². The van der Waals surface area contributed by atoms with E-state index in [2.05, 4.69) is 50.1 Å². The zero-order chi connectivity index (χ0) is 14.0. The number of hydrogen-bond acceptors (Lipinski definition) is 3. The van der Waals surface area contributed by atoms with Crippen LogP contribution in [0.2, 0.25) is 25.7 Å². The Labute approximate surface area is 123 Å². The van der Waals surface area contributed by atoms with Gasteiger partial charge in [0.2, 0.25) is 0 Å². The smallest absolute Gasteiger partial charge is 0.124 e. The van der Waals surface area contributed by atoms with Crippen molar-refractivity contribution in [2.75, 3.05) is 6.61 Å². The highest BCUT2D eigenvalue weighted by atomic mass is 79.9. The first-order valence-electron chi connectivity index (χ1n) is 6.42. The molecule has 19 heavy (non-hydrogen) atoms. The van der Waals surface area contributed by atoms with Gasteiger partial charge in [-0.15, -0.1) is 0 Å². The lowest BCUT2D eigenvalue weighted by Gasteiger charge is -2.16. The fourth-order valence-corrected chi connectivity index (χ4v) is 3.15. The molecule has 0 N–H and O–H groups in total. The van der Waals surface area contributed by atoms with Crippen molar-refractivity contribution in [3.8, 4) is 0 Å². The Bertz CT molecular complexity index is 577. The van der Waals surface area contributed by atoms with Gasteiger partial charge in [-0.3, -0.25) is 4.98 Å². The highest BCUT2D eigenvalue weighted by Gasteiger charge is 2.13. The Kier molecular flexibility index (Phi) is 4.42. The van der Waals surface area contributed by atoms with E-state index in [0.717, 1.165) is 27.9 Å². The maximum Gasteiger partial charge on any atom is 0.124 e. The average Bonchev–Trinajstić information content (AvgIpc) is 2.61. The molecule has 0 bridgehead atoms. The Balaban J connectivity index is 2.10. The Hall–Kier alpha value is -0.723. The van der Waals surface area contributed by atoms with Crippen molar-refractivity contribution < 1.29 is 4.74 Å². The highest BCUT2D eigenvalue weighted by molar-refractivity contribution is 9.10. The molecule has 104 valence electrons. The fourth-order valence-electron chi connectivity index (χ4n) is 1.86. The topological polar surface area (TPSA) is 39.9 Å². The van der Waals surface area contributed by atoms with E-state index in [-0.39, 0.29) is 0 Å². The summed E-state index contributed by atoms with van der Waals surface area (Å²) in [4.78, 5) is 8.64. The first kappa shape index (κ1) is 14.7. The molecule has 0 aliphatic carbocycles. The lowest BCUT2D eigenvalue weighted by atomic mass is 10.4. The first-order valence-corrected chi connectivity index (χ1v) is 10.9. The maximum absolute atomic E-state index is 5.81. The van der Waals surface area contributed by atoms with Crippen LogP contribution in [0.1, 0.15) is 5.82 Å². The van der Waals surface area contributed by atoms with Crippen molar-refractivity contribution in [3.63, 3.8) is 0 Å². The van der Waals surface area contributed by atoms with Gasteiger partial charge in [-0.2, -0.15) is 0 Å². The van der Waals surface area contributed by atoms with E-state index in [1.54, 1.807) is 12.4 Å². The van der Waals surface area contributed by atoms with Gasteiger partial charge in [0.05, 0.1) is 16.2 Å². The molecule has 2 aromatic rings. The third-order valence-electron chi connectivity index (χ3n) is 3.01. The van der Waals surface area contributed by atoms with Gasteiger partial charge >= 0.3 is 0 Å². The molecular weight excluding hydrogens is 322 g/mol. The molecule has 2 heterocycles. The summed E-state index contributed by atoms with van der Waals surface area (Å²) in [5, 5.41) is 0. The van der Waals surface area contributed by atoms with E-state index >= 15 is 0 Å². The summed E-state index contributed by atoms with van der Waals surface area (Å²) >= 11 is 3.53. The second-order valence-electron chi connectivity index (χ2n) is 5.92. The molecule has 0 unspecified atom stereocenters. The molecule has 0 aromatic carbocycles. The first-order chi connectivity index (χ1) is 8.88. The number of hydrogen-bond donors (Lipinski definition) is 0. The summed E-state index contributed by atoms with van der Waals surface area (Å²) in [6, 6.07) is 1.18. The van der Waals surface area contributed by atoms with Crippen LogP contribution in [0.25, 0.3) is 11.0 Å². The number of rotatable bonds is 5. The van der Waals surface area contributed by atoms with E-state index in [1.807, 2.05) is 6.92 Å². The van der Waals surface area contributed by atoms with Crippen LogP contribution < -0.4 is 0 Å². The number of aromatic nitrogens is 3. The summed E-state index contributed by atoms with van der Waals surface area (Å²) < 4.78 is 8.86. The minimum Gasteiger partial charge on any atom is -0.361 e. The zero-order valence-electron chi connectivity index (χ0n) is 11.9. The summed E-state index contributed by atoms with van der Waals surface area (Å²) in [5.74, 6) is 0.955. The Morgan fingerprint density at radius 1 is 1.32 bits per heavy atom. The molecule has 0 amide bonds. The molecule has 0 atom stereocenters. The molecule has 2 aromatic heterocycles. The molecule has 2 rings (SSSR count). The summed E-state index contributed by atoms with van der Waals surface area (Å²) in [5.41, 5.74) is 1.96. The largest absolute Gasteiger partial charge is 0.361 e. The maximum atomic E-state index is 5.81. The van der Waals surface area contributed by atoms with Crippen LogP contribution in [0, 0.1) is 6.92 Å². The van der Waals surface area contributed by atoms with Crippen molar-refractivity contribution in [2.24, 2.45) is 0 Å². The quantitative estimate of drug-likeness (QED) is 0.613. The standard InChI is InChI=1S/C13H20BrN3OSi/c1-10-16-12-8-15-7-11(14)13(12)17(10)9-18-5-6-19(2,3)4/h7-8H,5-6,9H2,1-4H3. The van der Waals surface area contributed by atoms with Gasteiger partial charge in [-0.05, 0) is 28.9 Å². The van der Waals surface area contributed by atoms with Gasteiger partial charge in [0, 0.05) is 20.9 Å². The lowest BCUT2D eigenvalue weighted by molar-refractivity contribution is 0.0884. The van der Waals surface area contributed by atoms with Gasteiger partial charge < -0.3 is 9.30 Å². The molecule has 0 aliphatic heterocycles. The van der Waals surface area contributed by atoms with E-state index in [1.165, 1.54) is 6.04 Å². The predicted molar refractivity (Wildman–Crippen MR) is 84.1 cm³/mol. The van der Waals surface area contributed by atoms with Crippen molar-refractivity contribution in [1.82, 2.24) is 14.5 Å². The van der Waals surface area contributed by atoms with Crippen LogP contribution in [0.3, 0.4) is 0 Å². The van der Waals surface area contributed by atoms with Crippen LogP contribution in [0.15, 0.2) is 16.9 Å². The SMILES string of the molecule is Cc1nc2cncc(Br)c2n1COCC[Si](C)(C)C. The number of pyridine rings is 1. The molecule has 0 saturated carbocycles. The second-order valence-corrected chi connectivity index (χ2v) is 12.4. The third kappa shape index (κ3) is 3.64. The number of ether oxygens (including phenoxy) is 1. The van der Waals surface area contributed by atoms with E-state index in [4.69, 9.17) is 4.74 Å². The monoisotopic (exact) mass is 341 g/mol. The van der Waals surface area contributed by atoms with Crippen molar-refractivity contribution in [2.45, 2.75) is 39.3 Å². The minimum absolute atomic E-state index is 0.551. The van der Waals surface area contributed by atoms with Crippen LogP contribution in [0.4, 0.5) is 0 Å². The van der Waals surface area contributed by atoms with Crippen molar-refractivity contribution in [3.05, 3.63) is 22.7 Å². The number of imidazole rings is 1. The molecule has 4 nitrogen and oxygen atoms in total. The Morgan fingerprint density at radius 3 is 2.74 bits per heavy atom. The summed E-state index contributed by atoms with van der Waals surface area (Å²) in [7, 11) is -1.03. The molecule has 6 heteroatoms. The molecular formula is C13H20BrN3OSi. The average molecular weight is 342 g/mol. The van der Waals surface area contributed by atoms with Crippen LogP contribution in [-0.4, -0.2) is 29.2 Å². The molecule has 0 aliphatic rings. The van der Waals surface area contributed by atoms with E-state index < -0.39 is 8.07 Å². The molecule has 0 radical (unpaired) electrons. The van der Waals surface area contributed by atoms with Gasteiger partial charge in [0.1, 0.15) is 18.1 Å². The van der Waals surface area contributed by atoms with E-state index in [0.29, 0.717) is 6.73 Å². The van der Waals surface area contributed by atoms with Gasteiger partial charge in [0.25, 0.3) is 0 Å². The number of nitrogens with zero attached hydrogens (tertiary/aromatic N) is 3. The van der Waals surface area contributed by atoms with Crippen LogP contribution >= 0.6 is 15.9 Å². The molecule has 0 fully saturated rings. The zero-order valence-corrected chi connectivity index (χ0v) is 14.5.